The molecule has 4 nitrogen and oxygen atoms in total. The first-order valence-corrected chi connectivity index (χ1v) is 7.73. The summed E-state index contributed by atoms with van der Waals surface area (Å²) in [7, 11) is 0. The van der Waals surface area contributed by atoms with E-state index >= 15 is 0 Å². The first kappa shape index (κ1) is 16.5. The van der Waals surface area contributed by atoms with E-state index in [-0.39, 0.29) is 5.91 Å². The van der Waals surface area contributed by atoms with E-state index in [2.05, 4.69) is 23.8 Å². The summed E-state index contributed by atoms with van der Waals surface area (Å²) < 4.78 is 0. The number of nitrogens with one attached hydrogen (secondary N) is 1. The summed E-state index contributed by atoms with van der Waals surface area (Å²) in [5.74, 6) is 0.104. The monoisotopic (exact) mass is 277 g/mol. The van der Waals surface area contributed by atoms with Gasteiger partial charge in [0, 0.05) is 19.2 Å². The highest BCUT2D eigenvalue weighted by atomic mass is 16.2. The van der Waals surface area contributed by atoms with Gasteiger partial charge in [0.05, 0.1) is 18.2 Å². The Morgan fingerprint density at radius 3 is 2.35 bits per heavy atom. The molecule has 0 unspecified atom stereocenters. The second-order valence-corrected chi connectivity index (χ2v) is 5.08. The van der Waals surface area contributed by atoms with Crippen molar-refractivity contribution in [2.45, 2.75) is 52.4 Å². The second-order valence-electron chi connectivity index (χ2n) is 5.08. The number of H-pyrrole nitrogens is 1. The molecule has 0 atom stereocenters. The highest BCUT2D eigenvalue weighted by Crippen LogP contribution is 2.05. The molecule has 0 saturated heterocycles. The molecule has 1 heterocycles. The van der Waals surface area contributed by atoms with E-state index in [9.17, 15) is 4.79 Å². The summed E-state index contributed by atoms with van der Waals surface area (Å²) in [6.07, 6.45) is 13.7. The van der Waals surface area contributed by atoms with Gasteiger partial charge >= 0.3 is 0 Å². The molecule has 0 saturated carbocycles. The fraction of sp³-hybridized carbons (Fsp3) is 0.625. The van der Waals surface area contributed by atoms with Crippen molar-refractivity contribution in [1.82, 2.24) is 14.9 Å². The van der Waals surface area contributed by atoms with E-state index in [1.54, 1.807) is 24.7 Å². The van der Waals surface area contributed by atoms with Crippen molar-refractivity contribution in [1.29, 1.82) is 0 Å². The zero-order valence-electron chi connectivity index (χ0n) is 12.8. The number of aromatic nitrogens is 2. The normalized spacial score (nSPS) is 11.1. The minimum absolute atomic E-state index is 0.104. The largest absolute Gasteiger partial charge is 0.345 e. The van der Waals surface area contributed by atoms with Crippen molar-refractivity contribution in [3.8, 4) is 0 Å². The van der Waals surface area contributed by atoms with Crippen LogP contribution in [0.4, 0.5) is 0 Å². The van der Waals surface area contributed by atoms with Crippen LogP contribution in [0.25, 0.3) is 6.08 Å². The van der Waals surface area contributed by atoms with Crippen molar-refractivity contribution >= 4 is 12.0 Å². The average Bonchev–Trinajstić information content (AvgIpc) is 2.97. The van der Waals surface area contributed by atoms with Gasteiger partial charge in [0.15, 0.2) is 0 Å². The number of rotatable bonds is 10. The quantitative estimate of drug-likeness (QED) is 0.524. The first-order valence-electron chi connectivity index (χ1n) is 7.73. The average molecular weight is 277 g/mol. The Kier molecular flexibility index (Phi) is 8.43. The van der Waals surface area contributed by atoms with Crippen LogP contribution in [0.1, 0.15) is 58.1 Å². The zero-order valence-corrected chi connectivity index (χ0v) is 12.8. The molecule has 4 heteroatoms. The molecule has 0 spiro atoms. The van der Waals surface area contributed by atoms with Crippen molar-refractivity contribution in [3.63, 3.8) is 0 Å². The second kappa shape index (κ2) is 10.2. The van der Waals surface area contributed by atoms with Crippen LogP contribution < -0.4 is 0 Å². The van der Waals surface area contributed by atoms with E-state index in [0.29, 0.717) is 0 Å². The number of hydrogen-bond donors (Lipinski definition) is 1. The van der Waals surface area contributed by atoms with Gasteiger partial charge in [0.2, 0.25) is 5.91 Å². The van der Waals surface area contributed by atoms with Crippen LogP contribution in [0.5, 0.6) is 0 Å². The standard InChI is InChI=1S/C16H27N3O/c1-3-5-7-11-19(12-8-6-4-2)16(20)10-9-15-13-17-14-18-15/h9-10,13-14H,3-8,11-12H2,1-2H3,(H,17,18). The molecule has 1 amide bonds. The molecular formula is C16H27N3O. The van der Waals surface area contributed by atoms with Gasteiger partial charge in [-0.1, -0.05) is 39.5 Å². The van der Waals surface area contributed by atoms with Crippen molar-refractivity contribution < 1.29 is 4.79 Å². The highest BCUT2D eigenvalue weighted by molar-refractivity contribution is 5.91. The third-order valence-corrected chi connectivity index (χ3v) is 3.30. The van der Waals surface area contributed by atoms with E-state index in [1.807, 2.05) is 4.90 Å². The molecule has 0 aromatic carbocycles. The van der Waals surface area contributed by atoms with Crippen molar-refractivity contribution in [2.24, 2.45) is 0 Å². The molecule has 20 heavy (non-hydrogen) atoms. The van der Waals surface area contributed by atoms with Crippen LogP contribution in [-0.2, 0) is 4.79 Å². The van der Waals surface area contributed by atoms with Gasteiger partial charge in [0.25, 0.3) is 0 Å². The van der Waals surface area contributed by atoms with E-state index < -0.39 is 0 Å². The topological polar surface area (TPSA) is 49.0 Å². The molecule has 0 fully saturated rings. The molecule has 1 rings (SSSR count). The maximum atomic E-state index is 12.2. The molecule has 0 bridgehead atoms. The molecule has 1 aromatic rings. The van der Waals surface area contributed by atoms with Gasteiger partial charge in [-0.3, -0.25) is 4.79 Å². The summed E-state index contributed by atoms with van der Waals surface area (Å²) in [4.78, 5) is 21.1. The van der Waals surface area contributed by atoms with E-state index in [0.717, 1.165) is 31.6 Å². The third-order valence-electron chi connectivity index (χ3n) is 3.30. The summed E-state index contributed by atoms with van der Waals surface area (Å²) in [6.45, 7) is 6.09. The van der Waals surface area contributed by atoms with Gasteiger partial charge in [-0.05, 0) is 18.9 Å². The van der Waals surface area contributed by atoms with Crippen LogP contribution >= 0.6 is 0 Å². The number of aromatic amines is 1. The maximum absolute atomic E-state index is 12.2. The Morgan fingerprint density at radius 2 is 1.85 bits per heavy atom. The maximum Gasteiger partial charge on any atom is 0.246 e. The molecule has 1 N–H and O–H groups in total. The van der Waals surface area contributed by atoms with Crippen molar-refractivity contribution in [2.75, 3.05) is 13.1 Å². The lowest BCUT2D eigenvalue weighted by Crippen LogP contribution is -2.31. The fourth-order valence-electron chi connectivity index (χ4n) is 2.06. The SMILES string of the molecule is CCCCCN(CCCCC)C(=O)C=Cc1cnc[nH]1. The van der Waals surface area contributed by atoms with Gasteiger partial charge < -0.3 is 9.88 Å². The Labute approximate surface area is 122 Å². The lowest BCUT2D eigenvalue weighted by molar-refractivity contribution is -0.126. The van der Waals surface area contributed by atoms with Crippen LogP contribution in [0.2, 0.25) is 0 Å². The number of unbranched alkanes of at least 4 members (excludes halogenated alkanes) is 4. The third kappa shape index (κ3) is 6.55. The minimum atomic E-state index is 0.104. The molecular weight excluding hydrogens is 250 g/mol. The lowest BCUT2D eigenvalue weighted by Gasteiger charge is -2.21. The number of hydrogen-bond acceptors (Lipinski definition) is 2. The smallest absolute Gasteiger partial charge is 0.246 e. The van der Waals surface area contributed by atoms with E-state index in [4.69, 9.17) is 0 Å². The summed E-state index contributed by atoms with van der Waals surface area (Å²) in [5, 5.41) is 0. The number of carbonyl (C=O) groups excluding carboxylic acids is 1. The molecule has 0 aliphatic rings. The Hall–Kier alpha value is -1.58. The zero-order chi connectivity index (χ0) is 14.6. The Bertz CT molecular complexity index is 374. The van der Waals surface area contributed by atoms with Gasteiger partial charge in [0.1, 0.15) is 0 Å². The predicted octanol–water partition coefficient (Wildman–Crippen LogP) is 3.63. The number of carbonyl (C=O) groups is 1. The molecule has 0 aliphatic heterocycles. The van der Waals surface area contributed by atoms with Gasteiger partial charge in [-0.25, -0.2) is 4.98 Å². The lowest BCUT2D eigenvalue weighted by atomic mass is 10.2. The Balaban J connectivity index is 2.48. The molecule has 0 aliphatic carbocycles. The van der Waals surface area contributed by atoms with Gasteiger partial charge in [-0.2, -0.15) is 0 Å². The summed E-state index contributed by atoms with van der Waals surface area (Å²) in [6, 6.07) is 0. The van der Waals surface area contributed by atoms with Crippen LogP contribution in [0.3, 0.4) is 0 Å². The van der Waals surface area contributed by atoms with E-state index in [1.165, 1.54) is 25.7 Å². The molecule has 0 radical (unpaired) electrons. The first-order chi connectivity index (χ1) is 9.77. The van der Waals surface area contributed by atoms with Crippen molar-refractivity contribution in [3.05, 3.63) is 24.3 Å². The summed E-state index contributed by atoms with van der Waals surface area (Å²) >= 11 is 0. The minimum Gasteiger partial charge on any atom is -0.345 e. The van der Waals surface area contributed by atoms with Crippen LogP contribution in [-0.4, -0.2) is 33.9 Å². The number of nitrogens with zero attached hydrogens (tertiary/aromatic N) is 2. The van der Waals surface area contributed by atoms with Crippen LogP contribution in [0.15, 0.2) is 18.6 Å². The van der Waals surface area contributed by atoms with Crippen LogP contribution in [0, 0.1) is 0 Å². The number of amides is 1. The molecule has 112 valence electrons. The summed E-state index contributed by atoms with van der Waals surface area (Å²) in [5.41, 5.74) is 0.861. The molecule has 1 aromatic heterocycles. The highest BCUT2D eigenvalue weighted by Gasteiger charge is 2.09. The predicted molar refractivity (Wildman–Crippen MR) is 83.3 cm³/mol. The fourth-order valence-corrected chi connectivity index (χ4v) is 2.06. The van der Waals surface area contributed by atoms with Gasteiger partial charge in [-0.15, -0.1) is 0 Å². The Morgan fingerprint density at radius 1 is 1.20 bits per heavy atom. The number of imidazole rings is 1.